The molecule has 0 aromatic carbocycles. The number of β-lactam (4-membered cyclic amide) rings is 1. The number of rotatable bonds is 5. The van der Waals surface area contributed by atoms with Gasteiger partial charge in [0.15, 0.2) is 0 Å². The molecule has 3 atom stereocenters. The van der Waals surface area contributed by atoms with E-state index in [-0.39, 0.29) is 17.2 Å². The van der Waals surface area contributed by atoms with Crippen molar-refractivity contribution in [2.75, 3.05) is 13.1 Å². The summed E-state index contributed by atoms with van der Waals surface area (Å²) in [7, 11) is 0. The summed E-state index contributed by atoms with van der Waals surface area (Å²) in [5, 5.41) is 15.0. The summed E-state index contributed by atoms with van der Waals surface area (Å²) in [5.74, 6) is -1.62. The molecule has 3 rings (SSSR count). The number of nitrogens with zero attached hydrogens (tertiary/aromatic N) is 1. The molecule has 9 heteroatoms. The molecule has 0 spiro atoms. The van der Waals surface area contributed by atoms with Crippen LogP contribution >= 0.6 is 11.8 Å². The summed E-state index contributed by atoms with van der Waals surface area (Å²) in [6.07, 6.45) is 4.17. The maximum absolute atomic E-state index is 12.5. The van der Waals surface area contributed by atoms with Gasteiger partial charge in [-0.05, 0) is 39.8 Å². The Morgan fingerprint density at radius 3 is 2.25 bits per heavy atom. The molecule has 0 aromatic heterocycles. The highest BCUT2D eigenvalue weighted by atomic mass is 32.2. The number of carboxylic acid groups (broad SMARTS) is 1. The smallest absolute Gasteiger partial charge is 0.327 e. The third kappa shape index (κ3) is 4.46. The van der Waals surface area contributed by atoms with E-state index in [0.29, 0.717) is 12.8 Å². The molecule has 2 saturated heterocycles. The number of hydrogen-bond donors (Lipinski definition) is 4. The van der Waals surface area contributed by atoms with Crippen molar-refractivity contribution in [3.8, 4) is 0 Å². The summed E-state index contributed by atoms with van der Waals surface area (Å²) >= 11 is 1.42. The molecule has 2 aliphatic heterocycles. The molecule has 1 aliphatic carbocycles. The quantitative estimate of drug-likeness (QED) is 0.493. The Hall–Kier alpha value is -1.32. The van der Waals surface area contributed by atoms with Gasteiger partial charge >= 0.3 is 5.97 Å². The summed E-state index contributed by atoms with van der Waals surface area (Å²) in [5.41, 5.74) is 5.30. The van der Waals surface area contributed by atoms with E-state index < -0.39 is 28.3 Å². The van der Waals surface area contributed by atoms with Gasteiger partial charge in [0.25, 0.3) is 0 Å². The Bertz CT molecular complexity index is 605. The average Bonchev–Trinajstić information content (AvgIpc) is 2.89. The second-order valence-electron chi connectivity index (χ2n) is 8.22. The summed E-state index contributed by atoms with van der Waals surface area (Å²) in [6.45, 7) is 10.0. The van der Waals surface area contributed by atoms with Crippen molar-refractivity contribution in [3.05, 3.63) is 0 Å². The number of carbonyl (C=O) groups is 3. The first kappa shape index (κ1) is 23.0. The van der Waals surface area contributed by atoms with Crippen molar-refractivity contribution in [1.82, 2.24) is 15.5 Å². The van der Waals surface area contributed by atoms with E-state index in [0.717, 1.165) is 32.4 Å². The zero-order valence-corrected chi connectivity index (χ0v) is 18.1. The SMILES string of the molecule is CC1(C)S[C@@H]2[C@H](NC(=O)C3(N)CCCCC3)C(=O)N2[C@H]1C(=O)O.CCNCC. The molecule has 1 saturated carbocycles. The molecule has 160 valence electrons. The highest BCUT2D eigenvalue weighted by Crippen LogP contribution is 2.50. The van der Waals surface area contributed by atoms with Gasteiger partial charge in [-0.2, -0.15) is 0 Å². The van der Waals surface area contributed by atoms with Gasteiger partial charge in [0.05, 0.1) is 5.54 Å². The van der Waals surface area contributed by atoms with Crippen LogP contribution in [0.3, 0.4) is 0 Å². The second-order valence-corrected chi connectivity index (χ2v) is 9.99. The van der Waals surface area contributed by atoms with Crippen molar-refractivity contribution in [1.29, 1.82) is 0 Å². The first-order valence-electron chi connectivity index (χ1n) is 10.1. The normalized spacial score (nSPS) is 29.8. The molecule has 0 bridgehead atoms. The minimum Gasteiger partial charge on any atom is -0.480 e. The number of fused-ring (bicyclic) bond motifs is 1. The van der Waals surface area contributed by atoms with Crippen molar-refractivity contribution in [2.45, 2.75) is 87.5 Å². The predicted octanol–water partition coefficient (Wildman–Crippen LogP) is 0.896. The van der Waals surface area contributed by atoms with E-state index in [4.69, 9.17) is 5.73 Å². The van der Waals surface area contributed by atoms with Crippen LogP contribution in [0.15, 0.2) is 0 Å². The van der Waals surface area contributed by atoms with Gasteiger partial charge in [-0.15, -0.1) is 11.8 Å². The highest BCUT2D eigenvalue weighted by molar-refractivity contribution is 8.01. The van der Waals surface area contributed by atoms with Crippen LogP contribution in [0.2, 0.25) is 0 Å². The number of carboxylic acids is 1. The van der Waals surface area contributed by atoms with Crippen LogP contribution in [-0.4, -0.2) is 68.6 Å². The van der Waals surface area contributed by atoms with Crippen LogP contribution < -0.4 is 16.4 Å². The average molecular weight is 415 g/mol. The Labute approximate surface area is 171 Å². The third-order valence-electron chi connectivity index (χ3n) is 5.66. The van der Waals surface area contributed by atoms with E-state index in [1.54, 1.807) is 0 Å². The monoisotopic (exact) mass is 414 g/mol. The number of nitrogens with one attached hydrogen (secondary N) is 2. The van der Waals surface area contributed by atoms with Gasteiger partial charge in [-0.3, -0.25) is 9.59 Å². The molecule has 0 radical (unpaired) electrons. The topological polar surface area (TPSA) is 125 Å². The molecule has 5 N–H and O–H groups in total. The van der Waals surface area contributed by atoms with Gasteiger partial charge in [-0.1, -0.05) is 33.1 Å². The maximum atomic E-state index is 12.5. The lowest BCUT2D eigenvalue weighted by Gasteiger charge is -2.45. The van der Waals surface area contributed by atoms with E-state index in [1.807, 2.05) is 13.8 Å². The van der Waals surface area contributed by atoms with Crippen molar-refractivity contribution in [2.24, 2.45) is 5.73 Å². The largest absolute Gasteiger partial charge is 0.480 e. The van der Waals surface area contributed by atoms with Gasteiger partial charge in [-0.25, -0.2) is 4.79 Å². The Morgan fingerprint density at radius 1 is 1.21 bits per heavy atom. The lowest BCUT2D eigenvalue weighted by Crippen LogP contribution is -2.72. The fourth-order valence-corrected chi connectivity index (χ4v) is 5.72. The zero-order chi connectivity index (χ0) is 21.1. The number of hydrogen-bond acceptors (Lipinski definition) is 6. The predicted molar refractivity (Wildman–Crippen MR) is 110 cm³/mol. The van der Waals surface area contributed by atoms with Crippen LogP contribution in [0.1, 0.15) is 59.8 Å². The van der Waals surface area contributed by atoms with Gasteiger partial charge in [0, 0.05) is 4.75 Å². The van der Waals surface area contributed by atoms with Crippen molar-refractivity contribution < 1.29 is 19.5 Å². The fourth-order valence-electron chi connectivity index (χ4n) is 4.09. The Kier molecular flexibility index (Phi) is 7.38. The van der Waals surface area contributed by atoms with E-state index in [9.17, 15) is 19.5 Å². The summed E-state index contributed by atoms with van der Waals surface area (Å²) in [4.78, 5) is 37.7. The number of amides is 2. The van der Waals surface area contributed by atoms with E-state index in [2.05, 4.69) is 24.5 Å². The lowest BCUT2D eigenvalue weighted by atomic mass is 9.81. The number of nitrogens with two attached hydrogens (primary N) is 1. The van der Waals surface area contributed by atoms with Crippen LogP contribution in [0, 0.1) is 0 Å². The van der Waals surface area contributed by atoms with Gasteiger partial charge < -0.3 is 26.4 Å². The van der Waals surface area contributed by atoms with E-state index in [1.165, 1.54) is 16.7 Å². The molecule has 0 unspecified atom stereocenters. The molecule has 0 aromatic rings. The molecular formula is C19H34N4O4S. The molecule has 3 aliphatic rings. The minimum atomic E-state index is -1.01. The zero-order valence-electron chi connectivity index (χ0n) is 17.3. The van der Waals surface area contributed by atoms with Gasteiger partial charge in [0.2, 0.25) is 11.8 Å². The Morgan fingerprint density at radius 2 is 1.79 bits per heavy atom. The first-order valence-corrected chi connectivity index (χ1v) is 11.0. The number of aliphatic carboxylic acids is 1. The fraction of sp³-hybridized carbons (Fsp3) is 0.842. The van der Waals surface area contributed by atoms with E-state index >= 15 is 0 Å². The summed E-state index contributed by atoms with van der Waals surface area (Å²) in [6, 6.07) is -1.53. The molecule has 3 fully saturated rings. The highest BCUT2D eigenvalue weighted by Gasteiger charge is 2.64. The third-order valence-corrected chi connectivity index (χ3v) is 7.23. The van der Waals surface area contributed by atoms with Crippen molar-refractivity contribution >= 4 is 29.5 Å². The number of carbonyl (C=O) groups excluding carboxylic acids is 2. The Balaban J connectivity index is 0.000000500. The lowest BCUT2D eigenvalue weighted by molar-refractivity contribution is -0.161. The maximum Gasteiger partial charge on any atom is 0.327 e. The van der Waals surface area contributed by atoms with Crippen molar-refractivity contribution in [3.63, 3.8) is 0 Å². The molecular weight excluding hydrogens is 380 g/mol. The van der Waals surface area contributed by atoms with Crippen LogP contribution in [0.4, 0.5) is 0 Å². The standard InChI is InChI=1S/C15H23N3O4S.C4H11N/c1-14(2)9(12(20)21)18-10(19)8(11(18)23-14)17-13(22)15(16)6-4-3-5-7-15;1-3-5-4-2/h8-9,11H,3-7,16H2,1-2H3,(H,17,22)(H,20,21);5H,3-4H2,1-2H3/t8-,9+,11-;/m1./s1. The minimum absolute atomic E-state index is 0.285. The van der Waals surface area contributed by atoms with Crippen LogP contribution in [0.25, 0.3) is 0 Å². The second kappa shape index (κ2) is 9.00. The van der Waals surface area contributed by atoms with Crippen LogP contribution in [0.5, 0.6) is 0 Å². The summed E-state index contributed by atoms with van der Waals surface area (Å²) < 4.78 is -0.586. The molecule has 2 amide bonds. The number of thioether (sulfide) groups is 1. The first-order chi connectivity index (χ1) is 13.1. The molecule has 2 heterocycles. The molecule has 28 heavy (non-hydrogen) atoms. The molecule has 8 nitrogen and oxygen atoms in total. The van der Waals surface area contributed by atoms with Crippen LogP contribution in [-0.2, 0) is 14.4 Å². The van der Waals surface area contributed by atoms with Gasteiger partial charge in [0.1, 0.15) is 17.5 Å².